The molecule has 1 aromatic heterocycles. The van der Waals surface area contributed by atoms with Crippen molar-refractivity contribution in [2.24, 2.45) is 0 Å². The lowest BCUT2D eigenvalue weighted by atomic mass is 9.90. The molecule has 13 heteroatoms. The fourth-order valence-electron chi connectivity index (χ4n) is 5.37. The van der Waals surface area contributed by atoms with Crippen molar-refractivity contribution in [3.63, 3.8) is 0 Å². The number of aromatic nitrogens is 1. The van der Waals surface area contributed by atoms with Crippen LogP contribution in [0.1, 0.15) is 61.9 Å². The van der Waals surface area contributed by atoms with E-state index in [0.717, 1.165) is 55.8 Å². The second kappa shape index (κ2) is 13.8. The molecule has 1 aromatic rings. The molecule has 3 aliphatic heterocycles. The van der Waals surface area contributed by atoms with Gasteiger partial charge in [0.05, 0.1) is 23.7 Å². The number of hydrogen-bond acceptors (Lipinski definition) is 10. The molecule has 0 spiro atoms. The predicted molar refractivity (Wildman–Crippen MR) is 142 cm³/mol. The molecular weight excluding hydrogens is 528 g/mol. The second-order valence-electron chi connectivity index (χ2n) is 10.8. The van der Waals surface area contributed by atoms with Crippen LogP contribution in [-0.2, 0) is 27.3 Å². The van der Waals surface area contributed by atoms with Crippen molar-refractivity contribution in [2.45, 2.75) is 88.7 Å². The molecule has 12 nitrogen and oxygen atoms in total. The van der Waals surface area contributed by atoms with Crippen molar-refractivity contribution in [1.82, 2.24) is 19.7 Å². The first-order chi connectivity index (χ1) is 18.7. The van der Waals surface area contributed by atoms with Gasteiger partial charge in [-0.1, -0.05) is 24.2 Å². The van der Waals surface area contributed by atoms with Crippen LogP contribution < -0.4 is 4.74 Å². The van der Waals surface area contributed by atoms with E-state index >= 15 is 0 Å². The molecule has 4 heterocycles. The van der Waals surface area contributed by atoms with E-state index in [-0.39, 0.29) is 5.91 Å². The summed E-state index contributed by atoms with van der Waals surface area (Å²) in [4.78, 5) is 45.3. The Bertz CT molecular complexity index is 971. The van der Waals surface area contributed by atoms with E-state index < -0.39 is 24.1 Å². The smallest absolute Gasteiger partial charge is 0.335 e. The number of thiazole rings is 1. The largest absolute Gasteiger partial charge is 0.479 e. The molecule has 39 heavy (non-hydrogen) atoms. The number of hydrogen-bond donors (Lipinski definition) is 4. The monoisotopic (exact) mass is 568 g/mol. The highest BCUT2D eigenvalue weighted by Crippen LogP contribution is 2.33. The molecule has 1 saturated carbocycles. The van der Waals surface area contributed by atoms with Crippen molar-refractivity contribution in [1.29, 1.82) is 0 Å². The van der Waals surface area contributed by atoms with Crippen molar-refractivity contribution in [2.75, 3.05) is 39.3 Å². The number of ether oxygens (including phenoxy) is 1. The summed E-state index contributed by atoms with van der Waals surface area (Å²) in [7, 11) is 0. The molecule has 0 radical (unpaired) electrons. The highest BCUT2D eigenvalue weighted by Gasteiger charge is 2.31. The molecule has 2 unspecified atom stereocenters. The Hall–Kier alpha value is -2.32. The van der Waals surface area contributed by atoms with Gasteiger partial charge in [-0.15, -0.1) is 0 Å². The summed E-state index contributed by atoms with van der Waals surface area (Å²) in [5.74, 6) is -3.26. The van der Waals surface area contributed by atoms with Crippen LogP contribution in [-0.4, -0.2) is 122 Å². The zero-order valence-electron chi connectivity index (χ0n) is 22.2. The number of aliphatic hydroxyl groups is 2. The van der Waals surface area contributed by atoms with Gasteiger partial charge in [-0.25, -0.2) is 14.6 Å². The Morgan fingerprint density at radius 3 is 2.10 bits per heavy atom. The zero-order valence-corrected chi connectivity index (χ0v) is 23.1. The van der Waals surface area contributed by atoms with E-state index in [1.807, 2.05) is 4.90 Å². The van der Waals surface area contributed by atoms with Crippen LogP contribution in [0.4, 0.5) is 0 Å². The maximum atomic E-state index is 12.7. The topological polar surface area (TPSA) is 164 Å². The second-order valence-corrected chi connectivity index (χ2v) is 11.8. The summed E-state index contributed by atoms with van der Waals surface area (Å²) >= 11 is 1.66. The summed E-state index contributed by atoms with van der Waals surface area (Å²) in [6.45, 7) is 6.56. The first-order valence-corrected chi connectivity index (χ1v) is 14.7. The first kappa shape index (κ1) is 29.7. The minimum absolute atomic E-state index is 0.275. The van der Waals surface area contributed by atoms with Crippen molar-refractivity contribution in [3.05, 3.63) is 10.6 Å². The Kier molecular flexibility index (Phi) is 10.5. The lowest BCUT2D eigenvalue weighted by molar-refractivity contribution is -0.165. The molecule has 218 valence electrons. The van der Waals surface area contributed by atoms with E-state index in [2.05, 4.69) is 9.80 Å². The number of likely N-dealkylation sites (tertiary alicyclic amines) is 2. The number of nitrogens with zero attached hydrogens (tertiary/aromatic N) is 4. The number of carbonyl (C=O) groups is 3. The van der Waals surface area contributed by atoms with Gasteiger partial charge in [0.25, 0.3) is 5.19 Å². The minimum atomic E-state index is -2.27. The van der Waals surface area contributed by atoms with Crippen LogP contribution in [0.15, 0.2) is 0 Å². The Balaban J connectivity index is 0.000000303. The Morgan fingerprint density at radius 2 is 1.54 bits per heavy atom. The Morgan fingerprint density at radius 1 is 0.897 bits per heavy atom. The SMILES string of the molecule is O=C(CN1CCCCC1)N1CCc2nc(OC3CCN(C4CCC4)CC3)sc2C1.O=C(O)C(O)C(O)C(=O)O. The average molecular weight is 569 g/mol. The fourth-order valence-corrected chi connectivity index (χ4v) is 6.40. The molecule has 0 aromatic carbocycles. The normalized spacial score (nSPS) is 22.6. The molecule has 4 N–H and O–H groups in total. The van der Waals surface area contributed by atoms with E-state index in [4.69, 9.17) is 30.1 Å². The maximum Gasteiger partial charge on any atom is 0.335 e. The lowest BCUT2D eigenvalue weighted by Crippen LogP contribution is -2.46. The number of rotatable bonds is 8. The number of carboxylic acid groups (broad SMARTS) is 2. The summed E-state index contributed by atoms with van der Waals surface area (Å²) < 4.78 is 6.27. The minimum Gasteiger partial charge on any atom is -0.479 e. The average Bonchev–Trinajstić information content (AvgIpc) is 3.30. The van der Waals surface area contributed by atoms with Crippen LogP contribution in [0, 0.1) is 0 Å². The highest BCUT2D eigenvalue weighted by atomic mass is 32.1. The van der Waals surface area contributed by atoms with Gasteiger partial charge in [-0.2, -0.15) is 0 Å². The third-order valence-corrected chi connectivity index (χ3v) is 8.99. The highest BCUT2D eigenvalue weighted by molar-refractivity contribution is 7.13. The molecule has 2 saturated heterocycles. The molecule has 2 atom stereocenters. The maximum absolute atomic E-state index is 12.7. The number of carbonyl (C=O) groups excluding carboxylic acids is 1. The summed E-state index contributed by atoms with van der Waals surface area (Å²) in [5, 5.41) is 33.3. The van der Waals surface area contributed by atoms with Gasteiger partial charge in [-0.3, -0.25) is 9.69 Å². The molecule has 5 rings (SSSR count). The van der Waals surface area contributed by atoms with Gasteiger partial charge in [0.15, 0.2) is 12.2 Å². The summed E-state index contributed by atoms with van der Waals surface area (Å²) in [5.41, 5.74) is 1.15. The molecule has 4 aliphatic rings. The number of piperidine rings is 2. The van der Waals surface area contributed by atoms with Gasteiger partial charge in [-0.05, 0) is 51.6 Å². The van der Waals surface area contributed by atoms with Gasteiger partial charge in [0, 0.05) is 32.1 Å². The third kappa shape index (κ3) is 8.10. The van der Waals surface area contributed by atoms with Gasteiger partial charge < -0.3 is 35.0 Å². The number of fused-ring (bicyclic) bond motifs is 1. The van der Waals surface area contributed by atoms with E-state index in [1.165, 1.54) is 56.5 Å². The number of aliphatic hydroxyl groups excluding tert-OH is 2. The number of aliphatic carboxylic acids is 2. The quantitative estimate of drug-likeness (QED) is 0.350. The predicted octanol–water partition coefficient (Wildman–Crippen LogP) is 0.787. The van der Waals surface area contributed by atoms with Gasteiger partial charge in [0.2, 0.25) is 5.91 Å². The van der Waals surface area contributed by atoms with Crippen molar-refractivity contribution >= 4 is 29.2 Å². The van der Waals surface area contributed by atoms with E-state index in [9.17, 15) is 14.4 Å². The number of carboxylic acids is 2. The Labute approximate surface area is 232 Å². The van der Waals surface area contributed by atoms with E-state index in [0.29, 0.717) is 19.2 Å². The molecule has 1 aliphatic carbocycles. The van der Waals surface area contributed by atoms with Crippen LogP contribution >= 0.6 is 11.3 Å². The van der Waals surface area contributed by atoms with Gasteiger partial charge in [0.1, 0.15) is 6.10 Å². The van der Waals surface area contributed by atoms with Crippen LogP contribution in [0.2, 0.25) is 0 Å². The lowest BCUT2D eigenvalue weighted by Gasteiger charge is -2.41. The molecule has 1 amide bonds. The van der Waals surface area contributed by atoms with Crippen LogP contribution in [0.3, 0.4) is 0 Å². The molecule has 0 bridgehead atoms. The summed E-state index contributed by atoms with van der Waals surface area (Å²) in [6.07, 6.45) is 6.80. The van der Waals surface area contributed by atoms with Gasteiger partial charge >= 0.3 is 11.9 Å². The number of amides is 1. The fraction of sp³-hybridized carbons (Fsp3) is 0.769. The van der Waals surface area contributed by atoms with Crippen LogP contribution in [0.5, 0.6) is 5.19 Å². The zero-order chi connectivity index (χ0) is 27.9. The first-order valence-electron chi connectivity index (χ1n) is 13.9. The van der Waals surface area contributed by atoms with E-state index in [1.54, 1.807) is 11.3 Å². The van der Waals surface area contributed by atoms with Crippen molar-refractivity contribution in [3.8, 4) is 5.19 Å². The van der Waals surface area contributed by atoms with Crippen molar-refractivity contribution < 1.29 is 39.5 Å². The standard InChI is InChI=1S/C22H34N4O2S.C4H6O6/c27-21(16-24-10-2-1-3-11-24)26-14-9-19-20(15-26)29-22(23-19)28-18-7-12-25(13-8-18)17-5-4-6-17;5-1(3(7)8)2(6)4(9)10/h17-18H,1-16H2;1-2,5-6H,(H,7,8)(H,9,10). The molecule has 3 fully saturated rings. The van der Waals surface area contributed by atoms with Crippen LogP contribution in [0.25, 0.3) is 0 Å². The summed E-state index contributed by atoms with van der Waals surface area (Å²) in [6, 6.07) is 0.844. The third-order valence-electron chi connectivity index (χ3n) is 8.01. The molecular formula is C26H40N4O8S.